The summed E-state index contributed by atoms with van der Waals surface area (Å²) in [7, 11) is 1.68. The Labute approximate surface area is 107 Å². The van der Waals surface area contributed by atoms with Gasteiger partial charge >= 0.3 is 0 Å². The first kappa shape index (κ1) is 11.3. The van der Waals surface area contributed by atoms with Crippen molar-refractivity contribution in [2.45, 2.75) is 25.3 Å². The highest BCUT2D eigenvalue weighted by atomic mass is 35.5. The third kappa shape index (κ3) is 2.13. The van der Waals surface area contributed by atoms with E-state index in [1.165, 1.54) is 10.9 Å². The molecular weight excluding hydrogens is 256 g/mol. The first-order valence-electron chi connectivity index (χ1n) is 5.63. The quantitative estimate of drug-likeness (QED) is 0.749. The topological polar surface area (TPSA) is 78.5 Å². The molecule has 0 aromatic carbocycles. The summed E-state index contributed by atoms with van der Waals surface area (Å²) < 4.78 is 1.57. The third-order valence-corrected chi connectivity index (χ3v) is 2.99. The second kappa shape index (κ2) is 4.16. The van der Waals surface area contributed by atoms with Crippen LogP contribution in [-0.2, 0) is 13.6 Å². The van der Waals surface area contributed by atoms with Crippen LogP contribution in [0.3, 0.4) is 0 Å². The van der Waals surface area contributed by atoms with Crippen LogP contribution in [0.1, 0.15) is 30.4 Å². The summed E-state index contributed by atoms with van der Waals surface area (Å²) in [6.45, 7) is 0.280. The molecule has 0 aliphatic heterocycles. The molecule has 1 aliphatic carbocycles. The van der Waals surface area contributed by atoms with Crippen LogP contribution in [0.2, 0.25) is 5.15 Å². The number of aryl methyl sites for hydroxylation is 1. The van der Waals surface area contributed by atoms with Gasteiger partial charge in [-0.1, -0.05) is 11.6 Å². The molecule has 94 valence electrons. The zero-order valence-corrected chi connectivity index (χ0v) is 10.5. The number of halogens is 1. The maximum Gasteiger partial charge on any atom is 0.255 e. The van der Waals surface area contributed by atoms with E-state index >= 15 is 0 Å². The van der Waals surface area contributed by atoms with Gasteiger partial charge in [-0.25, -0.2) is 4.98 Å². The monoisotopic (exact) mass is 266 g/mol. The molecule has 7 nitrogen and oxygen atoms in total. The minimum Gasteiger partial charge on any atom is -0.288 e. The predicted molar refractivity (Wildman–Crippen MR) is 63.4 cm³/mol. The predicted octanol–water partition coefficient (Wildman–Crippen LogP) is 0.346. The van der Waals surface area contributed by atoms with Crippen LogP contribution in [-0.4, -0.2) is 29.8 Å². The Morgan fingerprint density at radius 2 is 2.28 bits per heavy atom. The molecule has 0 atom stereocenters. The molecule has 3 rings (SSSR count). The molecule has 1 aliphatic rings. The lowest BCUT2D eigenvalue weighted by molar-refractivity contribution is 0.616. The lowest BCUT2D eigenvalue weighted by Gasteiger charge is -2.09. The Kier molecular flexibility index (Phi) is 2.62. The number of rotatable bonds is 3. The Bertz CT molecular complexity index is 644. The van der Waals surface area contributed by atoms with Crippen molar-refractivity contribution >= 4 is 11.6 Å². The summed E-state index contributed by atoms with van der Waals surface area (Å²) in [4.78, 5) is 17.6. The van der Waals surface area contributed by atoms with E-state index in [0.29, 0.717) is 11.7 Å². The molecule has 0 unspecified atom stereocenters. The SMILES string of the molecule is Cn1nnc(Cn2c(C3CC3)nc(Cl)cc2=O)n1. The Morgan fingerprint density at radius 1 is 1.50 bits per heavy atom. The van der Waals surface area contributed by atoms with Gasteiger partial charge in [0.2, 0.25) is 0 Å². The van der Waals surface area contributed by atoms with Gasteiger partial charge in [-0.15, -0.1) is 10.2 Å². The molecule has 0 spiro atoms. The summed E-state index contributed by atoms with van der Waals surface area (Å²) in [6, 6.07) is 1.31. The highest BCUT2D eigenvalue weighted by Gasteiger charge is 2.29. The highest BCUT2D eigenvalue weighted by molar-refractivity contribution is 6.29. The minimum atomic E-state index is -0.177. The van der Waals surface area contributed by atoms with Gasteiger partial charge in [0.15, 0.2) is 5.82 Å². The Morgan fingerprint density at radius 3 is 2.89 bits per heavy atom. The fourth-order valence-corrected chi connectivity index (χ4v) is 2.01. The fraction of sp³-hybridized carbons (Fsp3) is 0.500. The van der Waals surface area contributed by atoms with Gasteiger partial charge in [-0.3, -0.25) is 9.36 Å². The molecule has 0 saturated heterocycles. The summed E-state index contributed by atoms with van der Waals surface area (Å²) in [5.41, 5.74) is -0.177. The van der Waals surface area contributed by atoms with E-state index in [2.05, 4.69) is 20.4 Å². The lowest BCUT2D eigenvalue weighted by Crippen LogP contribution is -2.25. The van der Waals surface area contributed by atoms with Crippen molar-refractivity contribution in [3.63, 3.8) is 0 Å². The van der Waals surface area contributed by atoms with Crippen LogP contribution in [0.5, 0.6) is 0 Å². The average molecular weight is 267 g/mol. The molecule has 2 aromatic heterocycles. The second-order valence-corrected chi connectivity index (χ2v) is 4.72. The molecule has 1 saturated carbocycles. The van der Waals surface area contributed by atoms with Crippen molar-refractivity contribution in [1.82, 2.24) is 29.8 Å². The van der Waals surface area contributed by atoms with Gasteiger partial charge in [0.05, 0.1) is 13.6 Å². The van der Waals surface area contributed by atoms with E-state index in [1.807, 2.05) is 0 Å². The molecule has 0 bridgehead atoms. The number of hydrogen-bond acceptors (Lipinski definition) is 5. The van der Waals surface area contributed by atoms with Crippen LogP contribution in [0.4, 0.5) is 0 Å². The third-order valence-electron chi connectivity index (χ3n) is 2.80. The molecule has 0 N–H and O–H groups in total. The molecule has 0 radical (unpaired) electrons. The van der Waals surface area contributed by atoms with Crippen molar-refractivity contribution in [1.29, 1.82) is 0 Å². The van der Waals surface area contributed by atoms with Gasteiger partial charge in [0.25, 0.3) is 5.56 Å². The normalized spacial score (nSPS) is 15.0. The average Bonchev–Trinajstić information content (AvgIpc) is 3.06. The molecule has 1 fully saturated rings. The van der Waals surface area contributed by atoms with Crippen LogP contribution >= 0.6 is 11.6 Å². The van der Waals surface area contributed by atoms with Crippen molar-refractivity contribution < 1.29 is 0 Å². The van der Waals surface area contributed by atoms with Crippen molar-refractivity contribution in [2.75, 3.05) is 0 Å². The first-order valence-corrected chi connectivity index (χ1v) is 6.01. The zero-order chi connectivity index (χ0) is 12.7. The number of hydrogen-bond donors (Lipinski definition) is 0. The second-order valence-electron chi connectivity index (χ2n) is 4.33. The molecule has 2 heterocycles. The van der Waals surface area contributed by atoms with Crippen LogP contribution in [0, 0.1) is 0 Å². The summed E-state index contributed by atoms with van der Waals surface area (Å²) in [5, 5.41) is 11.9. The summed E-state index contributed by atoms with van der Waals surface area (Å²) in [6.07, 6.45) is 2.08. The van der Waals surface area contributed by atoms with Gasteiger partial charge in [0.1, 0.15) is 11.0 Å². The number of nitrogens with zero attached hydrogens (tertiary/aromatic N) is 6. The minimum absolute atomic E-state index is 0.177. The van der Waals surface area contributed by atoms with Gasteiger partial charge in [-0.05, 0) is 18.1 Å². The Balaban J connectivity index is 2.02. The van der Waals surface area contributed by atoms with Crippen LogP contribution in [0.15, 0.2) is 10.9 Å². The molecule has 8 heteroatoms. The molecule has 18 heavy (non-hydrogen) atoms. The van der Waals surface area contributed by atoms with E-state index in [4.69, 9.17) is 11.6 Å². The summed E-state index contributed by atoms with van der Waals surface area (Å²) in [5.74, 6) is 1.54. The van der Waals surface area contributed by atoms with E-state index in [1.54, 1.807) is 11.6 Å². The van der Waals surface area contributed by atoms with Crippen LogP contribution < -0.4 is 5.56 Å². The number of tetrazole rings is 1. The molecule has 0 amide bonds. The Hall–Kier alpha value is -1.76. The fourth-order valence-electron chi connectivity index (χ4n) is 1.83. The number of aromatic nitrogens is 6. The summed E-state index contributed by atoms with van der Waals surface area (Å²) >= 11 is 5.83. The lowest BCUT2D eigenvalue weighted by atomic mass is 10.3. The smallest absolute Gasteiger partial charge is 0.255 e. The standard InChI is InChI=1S/C10H11ClN6O/c1-16-14-8(13-15-16)5-17-9(18)4-7(11)12-10(17)6-2-3-6/h4,6H,2-3,5H2,1H3. The largest absolute Gasteiger partial charge is 0.288 e. The van der Waals surface area contributed by atoms with Crippen molar-refractivity contribution in [2.24, 2.45) is 7.05 Å². The van der Waals surface area contributed by atoms with Gasteiger partial charge in [-0.2, -0.15) is 4.80 Å². The van der Waals surface area contributed by atoms with E-state index < -0.39 is 0 Å². The van der Waals surface area contributed by atoms with Crippen molar-refractivity contribution in [3.05, 3.63) is 33.2 Å². The first-order chi connectivity index (χ1) is 8.63. The molecule has 2 aromatic rings. The van der Waals surface area contributed by atoms with E-state index in [-0.39, 0.29) is 17.3 Å². The van der Waals surface area contributed by atoms with E-state index in [0.717, 1.165) is 18.7 Å². The van der Waals surface area contributed by atoms with Gasteiger partial charge < -0.3 is 0 Å². The maximum atomic E-state index is 12.0. The molecular formula is C10H11ClN6O. The van der Waals surface area contributed by atoms with Crippen molar-refractivity contribution in [3.8, 4) is 0 Å². The van der Waals surface area contributed by atoms with Gasteiger partial charge in [0, 0.05) is 12.0 Å². The van der Waals surface area contributed by atoms with E-state index in [9.17, 15) is 4.79 Å². The van der Waals surface area contributed by atoms with Crippen LogP contribution in [0.25, 0.3) is 0 Å². The highest BCUT2D eigenvalue weighted by Crippen LogP contribution is 2.38. The maximum absolute atomic E-state index is 12.0. The zero-order valence-electron chi connectivity index (χ0n) is 9.75.